The van der Waals surface area contributed by atoms with Gasteiger partial charge in [0.05, 0.1) is 0 Å². The number of benzene rings is 1. The van der Waals surface area contributed by atoms with E-state index in [-0.39, 0.29) is 0 Å². The molecular weight excluding hydrogens is 280 g/mol. The average Bonchev–Trinajstić information content (AvgIpc) is 3.24. The summed E-state index contributed by atoms with van der Waals surface area (Å²) in [6, 6.07) is 13.1. The third kappa shape index (κ3) is 4.06. The lowest BCUT2D eigenvalue weighted by Gasteiger charge is -2.21. The molecule has 0 amide bonds. The van der Waals surface area contributed by atoms with Crippen LogP contribution in [-0.2, 0) is 13.1 Å². The Hall–Kier alpha value is -1.36. The molecule has 0 atom stereocenters. The molecule has 1 heterocycles. The topological polar surface area (TPSA) is 38.5 Å². The first-order chi connectivity index (χ1) is 10.4. The third-order valence-electron chi connectivity index (χ3n) is 3.83. The fourth-order valence-electron chi connectivity index (χ4n) is 2.52. The number of ether oxygens (including phenoxy) is 1. The maximum atomic E-state index is 5.94. The highest BCUT2D eigenvalue weighted by Gasteiger charge is 2.28. The second-order valence-electron chi connectivity index (χ2n) is 5.44. The number of nitrogens with two attached hydrogens (primary N) is 1. The molecule has 2 aromatic rings. The van der Waals surface area contributed by atoms with E-state index in [0.29, 0.717) is 6.54 Å². The Morgan fingerprint density at radius 1 is 1.19 bits per heavy atom. The van der Waals surface area contributed by atoms with Crippen molar-refractivity contribution in [1.82, 2.24) is 4.90 Å². The predicted octanol–water partition coefficient (Wildman–Crippen LogP) is 3.25. The van der Waals surface area contributed by atoms with Gasteiger partial charge >= 0.3 is 0 Å². The monoisotopic (exact) mass is 302 g/mol. The molecule has 0 saturated heterocycles. The summed E-state index contributed by atoms with van der Waals surface area (Å²) in [6.07, 6.45) is 2.65. The molecule has 1 aromatic heterocycles. The molecule has 3 rings (SSSR count). The summed E-state index contributed by atoms with van der Waals surface area (Å²) in [5.41, 5.74) is 6.82. The quantitative estimate of drug-likeness (QED) is 0.813. The number of rotatable bonds is 8. The SMILES string of the molecule is NCc1ccccc1OCCN(Cc1cccs1)C1CC1. The number of para-hydroxylation sites is 1. The molecule has 1 saturated carbocycles. The van der Waals surface area contributed by atoms with E-state index in [1.807, 2.05) is 35.6 Å². The molecular formula is C17H22N2OS. The number of hydrogen-bond acceptors (Lipinski definition) is 4. The Kier molecular flexibility index (Phi) is 4.91. The van der Waals surface area contributed by atoms with Crippen molar-refractivity contribution >= 4 is 11.3 Å². The minimum absolute atomic E-state index is 0.526. The lowest BCUT2D eigenvalue weighted by atomic mass is 10.2. The first kappa shape index (κ1) is 14.6. The number of hydrogen-bond donors (Lipinski definition) is 1. The van der Waals surface area contributed by atoms with E-state index in [1.54, 1.807) is 0 Å². The summed E-state index contributed by atoms with van der Waals surface area (Å²) in [6.45, 7) is 3.27. The van der Waals surface area contributed by atoms with Gasteiger partial charge in [0.25, 0.3) is 0 Å². The van der Waals surface area contributed by atoms with Crippen molar-refractivity contribution in [2.45, 2.75) is 32.0 Å². The number of nitrogens with zero attached hydrogens (tertiary/aromatic N) is 1. The summed E-state index contributed by atoms with van der Waals surface area (Å²) in [4.78, 5) is 3.97. The van der Waals surface area contributed by atoms with Crippen molar-refractivity contribution in [1.29, 1.82) is 0 Å². The summed E-state index contributed by atoms with van der Waals surface area (Å²) in [7, 11) is 0. The van der Waals surface area contributed by atoms with Crippen LogP contribution in [0.15, 0.2) is 41.8 Å². The number of thiophene rings is 1. The van der Waals surface area contributed by atoms with Crippen LogP contribution in [0.1, 0.15) is 23.3 Å². The average molecular weight is 302 g/mol. The van der Waals surface area contributed by atoms with Gasteiger partial charge < -0.3 is 10.5 Å². The molecule has 1 fully saturated rings. The molecule has 0 radical (unpaired) electrons. The molecule has 0 aliphatic heterocycles. The zero-order chi connectivity index (χ0) is 14.5. The highest BCUT2D eigenvalue weighted by Crippen LogP contribution is 2.29. The Morgan fingerprint density at radius 2 is 2.05 bits per heavy atom. The van der Waals surface area contributed by atoms with Gasteiger partial charge in [-0.1, -0.05) is 24.3 Å². The maximum absolute atomic E-state index is 5.94. The Labute approximate surface area is 130 Å². The first-order valence-electron chi connectivity index (χ1n) is 7.54. The smallest absolute Gasteiger partial charge is 0.123 e. The van der Waals surface area contributed by atoms with E-state index in [4.69, 9.17) is 10.5 Å². The van der Waals surface area contributed by atoms with Crippen LogP contribution in [0.3, 0.4) is 0 Å². The van der Waals surface area contributed by atoms with Crippen molar-refractivity contribution in [3.63, 3.8) is 0 Å². The van der Waals surface area contributed by atoms with Crippen molar-refractivity contribution in [3.05, 3.63) is 52.2 Å². The van der Waals surface area contributed by atoms with Gasteiger partial charge in [-0.3, -0.25) is 4.90 Å². The van der Waals surface area contributed by atoms with Gasteiger partial charge in [0.1, 0.15) is 12.4 Å². The van der Waals surface area contributed by atoms with Crippen LogP contribution in [-0.4, -0.2) is 24.1 Å². The van der Waals surface area contributed by atoms with Gasteiger partial charge in [0.2, 0.25) is 0 Å². The van der Waals surface area contributed by atoms with Crippen LogP contribution < -0.4 is 10.5 Å². The maximum Gasteiger partial charge on any atom is 0.123 e. The molecule has 0 bridgehead atoms. The van der Waals surface area contributed by atoms with E-state index < -0.39 is 0 Å². The van der Waals surface area contributed by atoms with Gasteiger partial charge in [-0.15, -0.1) is 11.3 Å². The van der Waals surface area contributed by atoms with Gasteiger partial charge in [-0.2, -0.15) is 0 Å². The van der Waals surface area contributed by atoms with E-state index in [9.17, 15) is 0 Å². The van der Waals surface area contributed by atoms with Crippen molar-refractivity contribution in [2.24, 2.45) is 5.73 Å². The zero-order valence-corrected chi connectivity index (χ0v) is 13.0. The lowest BCUT2D eigenvalue weighted by Crippen LogP contribution is -2.30. The molecule has 2 N–H and O–H groups in total. The van der Waals surface area contributed by atoms with Crippen LogP contribution in [0.4, 0.5) is 0 Å². The Morgan fingerprint density at radius 3 is 2.76 bits per heavy atom. The zero-order valence-electron chi connectivity index (χ0n) is 12.2. The summed E-state index contributed by atoms with van der Waals surface area (Å²) in [5, 5.41) is 2.15. The van der Waals surface area contributed by atoms with E-state index in [0.717, 1.165) is 37.1 Å². The molecule has 3 nitrogen and oxygen atoms in total. The van der Waals surface area contributed by atoms with Crippen LogP contribution >= 0.6 is 11.3 Å². The van der Waals surface area contributed by atoms with Gasteiger partial charge in [0.15, 0.2) is 0 Å². The normalized spacial score (nSPS) is 14.6. The van der Waals surface area contributed by atoms with E-state index >= 15 is 0 Å². The van der Waals surface area contributed by atoms with Crippen molar-refractivity contribution in [3.8, 4) is 5.75 Å². The largest absolute Gasteiger partial charge is 0.492 e. The van der Waals surface area contributed by atoms with Crippen LogP contribution in [0, 0.1) is 0 Å². The fraction of sp³-hybridized carbons (Fsp3) is 0.412. The molecule has 21 heavy (non-hydrogen) atoms. The lowest BCUT2D eigenvalue weighted by molar-refractivity contribution is 0.196. The minimum atomic E-state index is 0.526. The van der Waals surface area contributed by atoms with Crippen molar-refractivity contribution in [2.75, 3.05) is 13.2 Å². The summed E-state index contributed by atoms with van der Waals surface area (Å²) >= 11 is 1.83. The van der Waals surface area contributed by atoms with Gasteiger partial charge in [-0.05, 0) is 30.4 Å². The molecule has 1 aromatic carbocycles. The van der Waals surface area contributed by atoms with Crippen LogP contribution in [0.5, 0.6) is 5.75 Å². The third-order valence-corrected chi connectivity index (χ3v) is 4.69. The second-order valence-corrected chi connectivity index (χ2v) is 6.47. The Balaban J connectivity index is 1.52. The molecule has 1 aliphatic rings. The summed E-state index contributed by atoms with van der Waals surface area (Å²) < 4.78 is 5.94. The standard InChI is InChI=1S/C17H22N2OS/c18-12-14-4-1-2-6-17(14)20-10-9-19(15-7-8-15)13-16-5-3-11-21-16/h1-6,11,15H,7-10,12-13,18H2. The predicted molar refractivity (Wildman–Crippen MR) is 87.6 cm³/mol. The highest BCUT2D eigenvalue weighted by atomic mass is 32.1. The van der Waals surface area contributed by atoms with Gasteiger partial charge in [-0.25, -0.2) is 0 Å². The minimum Gasteiger partial charge on any atom is -0.492 e. The van der Waals surface area contributed by atoms with E-state index in [1.165, 1.54) is 17.7 Å². The first-order valence-corrected chi connectivity index (χ1v) is 8.42. The highest BCUT2D eigenvalue weighted by molar-refractivity contribution is 7.09. The molecule has 0 unspecified atom stereocenters. The Bertz CT molecular complexity index is 552. The summed E-state index contributed by atoms with van der Waals surface area (Å²) in [5.74, 6) is 0.923. The van der Waals surface area contributed by atoms with Crippen LogP contribution in [0.25, 0.3) is 0 Å². The molecule has 0 spiro atoms. The molecule has 4 heteroatoms. The van der Waals surface area contributed by atoms with Crippen molar-refractivity contribution < 1.29 is 4.74 Å². The van der Waals surface area contributed by atoms with E-state index in [2.05, 4.69) is 22.4 Å². The van der Waals surface area contributed by atoms with Crippen LogP contribution in [0.2, 0.25) is 0 Å². The second kappa shape index (κ2) is 7.07. The fourth-order valence-corrected chi connectivity index (χ4v) is 3.25. The molecule has 1 aliphatic carbocycles. The van der Waals surface area contributed by atoms with Gasteiger partial charge in [0, 0.05) is 36.1 Å². The molecule has 112 valence electrons.